The van der Waals surface area contributed by atoms with E-state index in [9.17, 15) is 19.7 Å². The van der Waals surface area contributed by atoms with Gasteiger partial charge in [0, 0.05) is 19.2 Å². The van der Waals surface area contributed by atoms with E-state index in [1.807, 2.05) is 0 Å². The second-order valence-electron chi connectivity index (χ2n) is 6.12. The molecular weight excluding hydrogens is 350 g/mol. The lowest BCUT2D eigenvalue weighted by Gasteiger charge is -2.14. The van der Waals surface area contributed by atoms with Crippen LogP contribution in [0.4, 0.5) is 11.4 Å². The molecule has 140 valence electrons. The summed E-state index contributed by atoms with van der Waals surface area (Å²) >= 11 is 0. The average molecular weight is 369 g/mol. The van der Waals surface area contributed by atoms with Crippen molar-refractivity contribution >= 4 is 23.2 Å². The first-order valence-corrected chi connectivity index (χ1v) is 8.60. The van der Waals surface area contributed by atoms with Gasteiger partial charge in [0.25, 0.3) is 17.5 Å². The molecule has 1 heterocycles. The van der Waals surface area contributed by atoms with Gasteiger partial charge in [-0.2, -0.15) is 0 Å². The maximum Gasteiger partial charge on any atom is 0.282 e. The molecule has 0 bridgehead atoms. The van der Waals surface area contributed by atoms with Gasteiger partial charge in [-0.1, -0.05) is 24.3 Å². The highest BCUT2D eigenvalue weighted by atomic mass is 16.6. The monoisotopic (exact) mass is 369 g/mol. The van der Waals surface area contributed by atoms with Crippen LogP contribution in [0.15, 0.2) is 48.5 Å². The van der Waals surface area contributed by atoms with E-state index in [0.717, 1.165) is 12.8 Å². The second-order valence-corrected chi connectivity index (χ2v) is 6.12. The molecule has 8 heteroatoms. The summed E-state index contributed by atoms with van der Waals surface area (Å²) in [7, 11) is 0. The number of amides is 2. The molecule has 2 aromatic carbocycles. The second kappa shape index (κ2) is 8.41. The first kappa shape index (κ1) is 18.5. The Hall–Kier alpha value is -3.26. The van der Waals surface area contributed by atoms with Gasteiger partial charge in [0.05, 0.1) is 22.3 Å². The molecule has 2 amide bonds. The molecule has 2 aromatic rings. The topological polar surface area (TPSA) is 111 Å². The van der Waals surface area contributed by atoms with E-state index in [-0.39, 0.29) is 34.5 Å². The lowest BCUT2D eigenvalue weighted by Crippen LogP contribution is -2.32. The number of benzene rings is 2. The molecule has 3 rings (SSSR count). The summed E-state index contributed by atoms with van der Waals surface area (Å²) in [6.07, 6.45) is 1.88. The summed E-state index contributed by atoms with van der Waals surface area (Å²) in [5, 5.41) is 16.5. The predicted octanol–water partition coefficient (Wildman–Crippen LogP) is 2.76. The molecule has 0 radical (unpaired) electrons. The fraction of sp³-hybridized carbons (Fsp3) is 0.263. The van der Waals surface area contributed by atoms with Gasteiger partial charge in [0.15, 0.2) is 0 Å². The number of hydrogen-bond donors (Lipinski definition) is 2. The largest absolute Gasteiger partial charge is 0.376 e. The number of para-hydroxylation sites is 2. The third-order valence-corrected chi connectivity index (χ3v) is 4.28. The van der Waals surface area contributed by atoms with Crippen molar-refractivity contribution in [1.82, 2.24) is 5.32 Å². The first-order valence-electron chi connectivity index (χ1n) is 8.60. The van der Waals surface area contributed by atoms with Gasteiger partial charge >= 0.3 is 0 Å². The number of anilines is 1. The predicted molar refractivity (Wildman–Crippen MR) is 98.8 cm³/mol. The van der Waals surface area contributed by atoms with Crippen molar-refractivity contribution in [3.05, 3.63) is 69.8 Å². The Labute approximate surface area is 155 Å². The van der Waals surface area contributed by atoms with Crippen LogP contribution in [0.25, 0.3) is 0 Å². The molecule has 1 atom stereocenters. The van der Waals surface area contributed by atoms with Gasteiger partial charge in [0.1, 0.15) is 5.56 Å². The number of nitrogens with one attached hydrogen (secondary N) is 2. The Kier molecular flexibility index (Phi) is 5.77. The minimum absolute atomic E-state index is 0.00247. The minimum Gasteiger partial charge on any atom is -0.376 e. The summed E-state index contributed by atoms with van der Waals surface area (Å²) in [5.41, 5.74) is 0.195. The molecule has 0 aromatic heterocycles. The molecule has 0 saturated carbocycles. The highest BCUT2D eigenvalue weighted by Gasteiger charge is 2.22. The fourth-order valence-corrected chi connectivity index (χ4v) is 2.91. The van der Waals surface area contributed by atoms with Crippen LogP contribution < -0.4 is 10.6 Å². The zero-order chi connectivity index (χ0) is 19.2. The van der Waals surface area contributed by atoms with Crippen LogP contribution in [0.1, 0.15) is 33.6 Å². The first-order chi connectivity index (χ1) is 13.1. The molecule has 0 aliphatic carbocycles. The Balaban J connectivity index is 1.75. The smallest absolute Gasteiger partial charge is 0.282 e. The van der Waals surface area contributed by atoms with Gasteiger partial charge in [-0.3, -0.25) is 19.7 Å². The molecule has 27 heavy (non-hydrogen) atoms. The Morgan fingerprint density at radius 1 is 1.07 bits per heavy atom. The third-order valence-electron chi connectivity index (χ3n) is 4.28. The van der Waals surface area contributed by atoms with E-state index in [0.29, 0.717) is 13.2 Å². The van der Waals surface area contributed by atoms with Gasteiger partial charge in [-0.15, -0.1) is 0 Å². The fourth-order valence-electron chi connectivity index (χ4n) is 2.91. The van der Waals surface area contributed by atoms with Crippen molar-refractivity contribution < 1.29 is 19.2 Å². The number of ether oxygens (including phenoxy) is 1. The van der Waals surface area contributed by atoms with E-state index in [1.54, 1.807) is 30.3 Å². The highest BCUT2D eigenvalue weighted by Crippen LogP contribution is 2.21. The van der Waals surface area contributed by atoms with Crippen LogP contribution in [0.5, 0.6) is 0 Å². The van der Waals surface area contributed by atoms with E-state index < -0.39 is 10.8 Å². The van der Waals surface area contributed by atoms with Crippen LogP contribution in [0, 0.1) is 10.1 Å². The average Bonchev–Trinajstić information content (AvgIpc) is 3.20. The van der Waals surface area contributed by atoms with Crippen molar-refractivity contribution in [1.29, 1.82) is 0 Å². The standard InChI is InChI=1S/C19H19N3O5/c23-18(20-12-13-6-5-11-27-13)14-7-1-3-9-16(14)21-19(24)15-8-2-4-10-17(15)22(25)26/h1-4,7-10,13H,5-6,11-12H2,(H,20,23)(H,21,24)/t13-/m0/s1. The van der Waals surface area contributed by atoms with Crippen LogP contribution in [-0.4, -0.2) is 36.0 Å². The number of nitro groups is 1. The molecule has 1 fully saturated rings. The SMILES string of the molecule is O=C(NC[C@@H]1CCCO1)c1ccccc1NC(=O)c1ccccc1[N+](=O)[O-]. The lowest BCUT2D eigenvalue weighted by atomic mass is 10.1. The molecule has 1 saturated heterocycles. The Morgan fingerprint density at radius 3 is 2.48 bits per heavy atom. The summed E-state index contributed by atoms with van der Waals surface area (Å²) < 4.78 is 5.48. The maximum absolute atomic E-state index is 12.5. The molecule has 1 aliphatic rings. The number of hydrogen-bond acceptors (Lipinski definition) is 5. The van der Waals surface area contributed by atoms with Crippen LogP contribution in [0.2, 0.25) is 0 Å². The van der Waals surface area contributed by atoms with Crippen LogP contribution in [0.3, 0.4) is 0 Å². The molecule has 0 unspecified atom stereocenters. The Morgan fingerprint density at radius 2 is 1.78 bits per heavy atom. The van der Waals surface area contributed by atoms with Crippen LogP contribution in [-0.2, 0) is 4.74 Å². The minimum atomic E-state index is -0.651. The van der Waals surface area contributed by atoms with Gasteiger partial charge in [-0.05, 0) is 31.0 Å². The van der Waals surface area contributed by atoms with Gasteiger partial charge < -0.3 is 15.4 Å². The van der Waals surface area contributed by atoms with Crippen LogP contribution >= 0.6 is 0 Å². The highest BCUT2D eigenvalue weighted by molar-refractivity contribution is 6.10. The molecule has 2 N–H and O–H groups in total. The zero-order valence-electron chi connectivity index (χ0n) is 14.5. The summed E-state index contributed by atoms with van der Waals surface area (Å²) in [4.78, 5) is 35.5. The van der Waals surface area contributed by atoms with Gasteiger partial charge in [-0.25, -0.2) is 0 Å². The van der Waals surface area contributed by atoms with Crippen molar-refractivity contribution in [2.75, 3.05) is 18.5 Å². The molecule has 8 nitrogen and oxygen atoms in total. The van der Waals surface area contributed by atoms with Crippen molar-refractivity contribution in [2.45, 2.75) is 18.9 Å². The molecular formula is C19H19N3O5. The van der Waals surface area contributed by atoms with E-state index in [1.165, 1.54) is 18.2 Å². The summed E-state index contributed by atoms with van der Waals surface area (Å²) in [6.45, 7) is 1.09. The summed E-state index contributed by atoms with van der Waals surface area (Å²) in [6, 6.07) is 12.2. The number of rotatable bonds is 6. The number of nitrogens with zero attached hydrogens (tertiary/aromatic N) is 1. The van der Waals surface area contributed by atoms with E-state index in [2.05, 4.69) is 10.6 Å². The van der Waals surface area contributed by atoms with Crippen molar-refractivity contribution in [2.24, 2.45) is 0 Å². The molecule has 1 aliphatic heterocycles. The normalized spacial score (nSPS) is 15.9. The zero-order valence-corrected chi connectivity index (χ0v) is 14.5. The van der Waals surface area contributed by atoms with Crippen molar-refractivity contribution in [3.8, 4) is 0 Å². The number of carbonyl (C=O) groups excluding carboxylic acids is 2. The van der Waals surface area contributed by atoms with E-state index >= 15 is 0 Å². The third kappa shape index (κ3) is 4.48. The maximum atomic E-state index is 12.5. The lowest BCUT2D eigenvalue weighted by molar-refractivity contribution is -0.385. The number of nitro benzene ring substituents is 1. The van der Waals surface area contributed by atoms with Crippen molar-refractivity contribution in [3.63, 3.8) is 0 Å². The van der Waals surface area contributed by atoms with E-state index in [4.69, 9.17) is 4.74 Å². The quantitative estimate of drug-likeness (QED) is 0.601. The molecule has 0 spiro atoms. The summed E-state index contributed by atoms with van der Waals surface area (Å²) in [5.74, 6) is -0.995. The number of carbonyl (C=O) groups is 2. The van der Waals surface area contributed by atoms with Gasteiger partial charge in [0.2, 0.25) is 0 Å². The Bertz CT molecular complexity index is 862.